The zero-order valence-corrected chi connectivity index (χ0v) is 11.5. The molecule has 18 heavy (non-hydrogen) atoms. The van der Waals surface area contributed by atoms with E-state index in [1.165, 1.54) is 6.07 Å². The van der Waals surface area contributed by atoms with Gasteiger partial charge in [0.2, 0.25) is 10.0 Å². The number of amides is 1. The van der Waals surface area contributed by atoms with Crippen LogP contribution in [0.3, 0.4) is 0 Å². The summed E-state index contributed by atoms with van der Waals surface area (Å²) in [7, 11) is -4.21. The maximum absolute atomic E-state index is 13.9. The number of sulfonamides is 1. The molecule has 98 valence electrons. The molecule has 0 unspecified atom stereocenters. The fourth-order valence-electron chi connectivity index (χ4n) is 1.43. The summed E-state index contributed by atoms with van der Waals surface area (Å²) in [5, 5.41) is 7.47. The monoisotopic (exact) mass is 336 g/mol. The van der Waals surface area contributed by atoms with Crippen molar-refractivity contribution in [1.29, 1.82) is 0 Å². The largest absolute Gasteiger partial charge is 0.349 e. The molecule has 1 aromatic rings. The third-order valence-corrected chi connectivity index (χ3v) is 3.84. The second-order valence-electron chi connectivity index (χ2n) is 4.06. The van der Waals surface area contributed by atoms with Crippen LogP contribution in [-0.2, 0) is 10.0 Å². The highest BCUT2D eigenvalue weighted by Gasteiger charge is 2.27. The molecular weight excluding hydrogens is 327 g/mol. The van der Waals surface area contributed by atoms with Crippen molar-refractivity contribution in [1.82, 2.24) is 5.32 Å². The van der Waals surface area contributed by atoms with E-state index in [1.54, 1.807) is 0 Å². The van der Waals surface area contributed by atoms with Gasteiger partial charge < -0.3 is 5.32 Å². The Hall–Kier alpha value is -0.990. The molecule has 8 heteroatoms. The van der Waals surface area contributed by atoms with Gasteiger partial charge in [0.25, 0.3) is 5.91 Å². The summed E-state index contributed by atoms with van der Waals surface area (Å²) < 4.78 is 36.6. The Kier molecular flexibility index (Phi) is 3.43. The number of carbonyl (C=O) groups excluding carboxylic acids is 1. The van der Waals surface area contributed by atoms with Crippen molar-refractivity contribution >= 4 is 31.9 Å². The van der Waals surface area contributed by atoms with Crippen LogP contribution in [0.4, 0.5) is 4.39 Å². The molecule has 0 heterocycles. The number of hydrogen-bond acceptors (Lipinski definition) is 3. The van der Waals surface area contributed by atoms with Gasteiger partial charge in [0.15, 0.2) is 5.82 Å². The van der Waals surface area contributed by atoms with Gasteiger partial charge in [-0.3, -0.25) is 4.79 Å². The molecule has 0 spiro atoms. The molecule has 5 nitrogen and oxygen atoms in total. The van der Waals surface area contributed by atoms with E-state index in [0.717, 1.165) is 18.9 Å². The lowest BCUT2D eigenvalue weighted by Gasteiger charge is -2.08. The molecule has 1 saturated carbocycles. The van der Waals surface area contributed by atoms with E-state index in [2.05, 4.69) is 21.2 Å². The van der Waals surface area contributed by atoms with Crippen LogP contribution in [0.2, 0.25) is 0 Å². The SMILES string of the molecule is NS(=O)(=O)c1cc(Br)cc(C(=O)NC2CC2)c1F. The van der Waals surface area contributed by atoms with Crippen molar-refractivity contribution in [3.8, 4) is 0 Å². The molecule has 0 saturated heterocycles. The molecule has 1 amide bonds. The topological polar surface area (TPSA) is 89.3 Å². The lowest BCUT2D eigenvalue weighted by atomic mass is 10.2. The molecule has 0 aromatic heterocycles. The second-order valence-corrected chi connectivity index (χ2v) is 6.50. The summed E-state index contributed by atoms with van der Waals surface area (Å²) in [5.74, 6) is -1.76. The first-order valence-corrected chi connectivity index (χ1v) is 7.45. The Bertz CT molecular complexity index is 614. The molecular formula is C10H10BrFN2O3S. The lowest BCUT2D eigenvalue weighted by Crippen LogP contribution is -2.27. The number of rotatable bonds is 3. The van der Waals surface area contributed by atoms with Crippen LogP contribution in [-0.4, -0.2) is 20.4 Å². The van der Waals surface area contributed by atoms with Crippen molar-refractivity contribution in [3.05, 3.63) is 28.0 Å². The summed E-state index contributed by atoms with van der Waals surface area (Å²) in [6.07, 6.45) is 1.70. The van der Waals surface area contributed by atoms with E-state index in [4.69, 9.17) is 5.14 Å². The second kappa shape index (κ2) is 4.60. The van der Waals surface area contributed by atoms with E-state index < -0.39 is 26.6 Å². The predicted molar refractivity (Wildman–Crippen MR) is 66.0 cm³/mol. The van der Waals surface area contributed by atoms with Crippen LogP contribution in [0, 0.1) is 5.82 Å². The lowest BCUT2D eigenvalue weighted by molar-refractivity contribution is 0.0946. The van der Waals surface area contributed by atoms with Crippen molar-refractivity contribution in [2.24, 2.45) is 5.14 Å². The molecule has 0 bridgehead atoms. The van der Waals surface area contributed by atoms with Crippen molar-refractivity contribution in [2.75, 3.05) is 0 Å². The highest BCUT2D eigenvalue weighted by atomic mass is 79.9. The van der Waals surface area contributed by atoms with Crippen LogP contribution < -0.4 is 10.5 Å². The van der Waals surface area contributed by atoms with Gasteiger partial charge in [0.05, 0.1) is 5.56 Å². The molecule has 1 aliphatic carbocycles. The highest BCUT2D eigenvalue weighted by Crippen LogP contribution is 2.25. The molecule has 2 rings (SSSR count). The van der Waals surface area contributed by atoms with Gasteiger partial charge in [0, 0.05) is 10.5 Å². The number of primary sulfonamides is 1. The minimum atomic E-state index is -4.21. The maximum Gasteiger partial charge on any atom is 0.254 e. The molecule has 0 aliphatic heterocycles. The fraction of sp³-hybridized carbons (Fsp3) is 0.300. The van der Waals surface area contributed by atoms with Gasteiger partial charge in [0.1, 0.15) is 4.90 Å². The number of halogens is 2. The van der Waals surface area contributed by atoms with E-state index in [0.29, 0.717) is 0 Å². The molecule has 0 radical (unpaired) electrons. The number of carbonyl (C=O) groups is 1. The normalized spacial score (nSPS) is 15.5. The summed E-state index contributed by atoms with van der Waals surface area (Å²) in [5.41, 5.74) is -0.333. The first kappa shape index (κ1) is 13.4. The Labute approximate surface area is 112 Å². The van der Waals surface area contributed by atoms with Crippen molar-refractivity contribution in [2.45, 2.75) is 23.8 Å². The number of nitrogens with two attached hydrogens (primary N) is 1. The molecule has 1 aliphatic rings. The summed E-state index contributed by atoms with van der Waals surface area (Å²) in [6.45, 7) is 0. The minimum Gasteiger partial charge on any atom is -0.349 e. The van der Waals surface area contributed by atoms with Gasteiger partial charge >= 0.3 is 0 Å². The Morgan fingerprint density at radius 3 is 2.56 bits per heavy atom. The van der Waals surface area contributed by atoms with E-state index in [1.807, 2.05) is 0 Å². The average Bonchev–Trinajstić information content (AvgIpc) is 3.03. The van der Waals surface area contributed by atoms with Gasteiger partial charge in [-0.1, -0.05) is 15.9 Å². The minimum absolute atomic E-state index is 0.0498. The first-order chi connectivity index (χ1) is 8.29. The highest BCUT2D eigenvalue weighted by molar-refractivity contribution is 9.10. The molecule has 3 N–H and O–H groups in total. The predicted octanol–water partition coefficient (Wildman–Crippen LogP) is 1.13. The summed E-state index contributed by atoms with van der Waals surface area (Å²) in [4.78, 5) is 11.0. The van der Waals surface area contributed by atoms with E-state index in [9.17, 15) is 17.6 Å². The van der Waals surface area contributed by atoms with Crippen molar-refractivity contribution < 1.29 is 17.6 Å². The van der Waals surface area contributed by atoms with Crippen molar-refractivity contribution in [3.63, 3.8) is 0 Å². The van der Waals surface area contributed by atoms with Crippen LogP contribution in [0.15, 0.2) is 21.5 Å². The van der Waals surface area contributed by atoms with Gasteiger partial charge in [-0.15, -0.1) is 0 Å². The Morgan fingerprint density at radius 1 is 1.44 bits per heavy atom. The third-order valence-electron chi connectivity index (χ3n) is 2.47. The first-order valence-electron chi connectivity index (χ1n) is 5.12. The summed E-state index contributed by atoms with van der Waals surface area (Å²) in [6, 6.07) is 2.30. The molecule has 1 aromatic carbocycles. The van der Waals surface area contributed by atoms with Gasteiger partial charge in [-0.25, -0.2) is 17.9 Å². The smallest absolute Gasteiger partial charge is 0.254 e. The Morgan fingerprint density at radius 2 is 2.06 bits per heavy atom. The number of hydrogen-bond donors (Lipinski definition) is 2. The quantitative estimate of drug-likeness (QED) is 0.866. The van der Waals surface area contributed by atoms with E-state index in [-0.39, 0.29) is 16.1 Å². The van der Waals surface area contributed by atoms with E-state index >= 15 is 0 Å². The zero-order chi connectivity index (χ0) is 13.5. The third kappa shape index (κ3) is 2.88. The average molecular weight is 337 g/mol. The fourth-order valence-corrected chi connectivity index (χ4v) is 2.69. The van der Waals surface area contributed by atoms with Gasteiger partial charge in [-0.2, -0.15) is 0 Å². The zero-order valence-electron chi connectivity index (χ0n) is 9.11. The van der Waals surface area contributed by atoms with Crippen LogP contribution >= 0.6 is 15.9 Å². The summed E-state index contributed by atoms with van der Waals surface area (Å²) >= 11 is 3.02. The number of nitrogens with one attached hydrogen (secondary N) is 1. The Balaban J connectivity index is 2.47. The molecule has 0 atom stereocenters. The van der Waals surface area contributed by atoms with Gasteiger partial charge in [-0.05, 0) is 25.0 Å². The maximum atomic E-state index is 13.9. The number of benzene rings is 1. The van der Waals surface area contributed by atoms with Crippen LogP contribution in [0.25, 0.3) is 0 Å². The molecule has 1 fully saturated rings. The standard InChI is InChI=1S/C10H10BrFN2O3S/c11-5-3-7(10(15)14-6-1-2-6)9(12)8(4-5)18(13,16)17/h3-4,6H,1-2H2,(H,14,15)(H2,13,16,17). The van der Waals surface area contributed by atoms with Crippen LogP contribution in [0.5, 0.6) is 0 Å². The van der Waals surface area contributed by atoms with Crippen LogP contribution in [0.1, 0.15) is 23.2 Å².